The summed E-state index contributed by atoms with van der Waals surface area (Å²) < 4.78 is 99.1. The van der Waals surface area contributed by atoms with Gasteiger partial charge in [-0.2, -0.15) is 0 Å². The van der Waals surface area contributed by atoms with Gasteiger partial charge in [0.05, 0.1) is 71.1 Å². The maximum absolute atomic E-state index is 13.2. The number of hydrogen-bond donors (Lipinski definition) is 30. The summed E-state index contributed by atoms with van der Waals surface area (Å²) in [7, 11) is 0. The van der Waals surface area contributed by atoms with E-state index in [1.165, 1.54) is 6.92 Å². The van der Waals surface area contributed by atoms with E-state index >= 15 is 0 Å². The van der Waals surface area contributed by atoms with Crippen molar-refractivity contribution in [1.82, 2.24) is 21.3 Å². The minimum absolute atomic E-state index is 0.814. The lowest BCUT2D eigenvalue weighted by Crippen LogP contribution is -2.71. The Hall–Kier alpha value is -4.33. The van der Waals surface area contributed by atoms with Crippen molar-refractivity contribution in [2.45, 2.75) is 323 Å². The molecule has 0 aromatic rings. The van der Waals surface area contributed by atoms with Crippen molar-refractivity contribution in [3.8, 4) is 0 Å². The van der Waals surface area contributed by atoms with Gasteiger partial charge in [-0.15, -0.1) is 0 Å². The Morgan fingerprint density at radius 3 is 1.29 bits per heavy atom. The van der Waals surface area contributed by atoms with E-state index in [1.807, 2.05) is 0 Å². The first-order valence-electron chi connectivity index (χ1n) is 37.1. The molecule has 1 unspecified atom stereocenters. The summed E-state index contributed by atoms with van der Waals surface area (Å²) in [6, 6.07) is -7.27. The molecule has 0 spiro atoms. The lowest BCUT2D eigenvalue weighted by molar-refractivity contribution is -0.385. The molecule has 0 aromatic heterocycles. The van der Waals surface area contributed by atoms with Crippen molar-refractivity contribution in [3.05, 3.63) is 0 Å². The molecule has 52 heteroatoms. The van der Waals surface area contributed by atoms with E-state index in [9.17, 15) is 157 Å². The summed E-state index contributed by atoms with van der Waals surface area (Å²) in [6.45, 7) is -3.56. The minimum atomic E-state index is -3.27. The van der Waals surface area contributed by atoms with Gasteiger partial charge in [-0.25, -0.2) is 4.79 Å². The van der Waals surface area contributed by atoms with E-state index in [0.29, 0.717) is 0 Å². The first kappa shape index (κ1) is 96.5. The van der Waals surface area contributed by atoms with Crippen LogP contribution in [-0.2, 0) is 104 Å². The number of carboxylic acids is 1. The second-order valence-corrected chi connectivity index (χ2v) is 29.7. The van der Waals surface area contributed by atoms with Gasteiger partial charge in [0.25, 0.3) is 5.79 Å². The number of carbonyl (C=O) groups excluding carboxylic acids is 4. The molecule has 9 fully saturated rings. The predicted octanol–water partition coefficient (Wildman–Crippen LogP) is -19.8. The average Bonchev–Trinajstić information content (AvgIpc) is 0.741. The topological polar surface area (TPSA) is 816 Å². The Bertz CT molecular complexity index is 3190. The smallest absolute Gasteiger partial charge is 0.364 e. The van der Waals surface area contributed by atoms with Gasteiger partial charge in [-0.1, -0.05) is 0 Å². The van der Waals surface area contributed by atoms with E-state index in [-0.39, 0.29) is 0 Å². The summed E-state index contributed by atoms with van der Waals surface area (Å²) in [6.07, 6.45) is -86.1. The van der Waals surface area contributed by atoms with E-state index in [0.717, 1.165) is 27.7 Å². The van der Waals surface area contributed by atoms with Gasteiger partial charge in [-0.05, 0) is 6.92 Å². The van der Waals surface area contributed by atoms with E-state index < -0.39 is 371 Å². The molecule has 9 heterocycles. The van der Waals surface area contributed by atoms with Crippen LogP contribution in [0.5, 0.6) is 0 Å². The Morgan fingerprint density at radius 2 is 0.744 bits per heavy atom. The number of carbonyl (C=O) groups is 5. The summed E-state index contributed by atoms with van der Waals surface area (Å²) in [4.78, 5) is 63.8. The molecular formula is C65H108N4O48. The number of aliphatic hydroxyl groups is 25. The Morgan fingerprint density at radius 1 is 0.368 bits per heavy atom. The van der Waals surface area contributed by atoms with Crippen molar-refractivity contribution in [1.29, 1.82) is 0 Å². The van der Waals surface area contributed by atoms with Crippen molar-refractivity contribution in [2.24, 2.45) is 0 Å². The van der Waals surface area contributed by atoms with Gasteiger partial charge in [0.2, 0.25) is 23.6 Å². The van der Waals surface area contributed by atoms with Gasteiger partial charge in [0.15, 0.2) is 50.3 Å². The first-order chi connectivity index (χ1) is 55.1. The second-order valence-electron chi connectivity index (χ2n) is 29.7. The molecule has 9 aliphatic heterocycles. The maximum Gasteiger partial charge on any atom is 0.364 e. The fraction of sp³-hybridized carbons (Fsp3) is 0.923. The average molecular weight is 1710 g/mol. The molecule has 0 aromatic carbocycles. The normalized spacial score (nSPS) is 47.9. The van der Waals surface area contributed by atoms with E-state index in [2.05, 4.69) is 21.3 Å². The van der Waals surface area contributed by atoms with Crippen molar-refractivity contribution < 1.29 is 237 Å². The minimum Gasteiger partial charge on any atom is -0.477 e. The Labute approximate surface area is 662 Å². The number of ether oxygens (including phenoxy) is 17. The predicted molar refractivity (Wildman–Crippen MR) is 359 cm³/mol. The summed E-state index contributed by atoms with van der Waals surface area (Å²) in [5.41, 5.74) is 0. The van der Waals surface area contributed by atoms with Crippen LogP contribution in [0.2, 0.25) is 0 Å². The molecule has 9 rings (SSSR count). The molecule has 9 aliphatic rings. The zero-order chi connectivity index (χ0) is 86.6. The van der Waals surface area contributed by atoms with Gasteiger partial charge in [0, 0.05) is 34.1 Å². The van der Waals surface area contributed by atoms with Crippen LogP contribution in [0.3, 0.4) is 0 Å². The highest BCUT2D eigenvalue weighted by Gasteiger charge is 2.63. The largest absolute Gasteiger partial charge is 0.477 e. The number of nitrogens with one attached hydrogen (secondary N) is 4. The third-order valence-corrected chi connectivity index (χ3v) is 21.3. The van der Waals surface area contributed by atoms with Crippen LogP contribution in [0.15, 0.2) is 0 Å². The summed E-state index contributed by atoms with van der Waals surface area (Å²) in [5, 5.41) is 297. The van der Waals surface area contributed by atoms with Gasteiger partial charge in [-0.3, -0.25) is 19.2 Å². The molecule has 4 amide bonds. The number of carboxylic acid groups (broad SMARTS) is 1. The molecule has 30 N–H and O–H groups in total. The molecule has 0 aliphatic carbocycles. The molecule has 0 radical (unpaired) electrons. The lowest BCUT2D eigenvalue weighted by atomic mass is 9.88. The number of aliphatic hydroxyl groups excluding tert-OH is 25. The number of aliphatic carboxylic acids is 1. The number of rotatable bonds is 31. The SMILES string of the molecule is CC(=O)N[C@H]1[C@H](O[C@H]2[C@H](O)[C@@H](NC(C)=O)C(O)O[C@@H]2CO[C@@H]2O[C@@H](C)[C@@H](O)[C@@H](O)[C@@H]2O)O[C@H](CO)[C@@H](O[C@@H]2O[C@H](CO[C@H]3O[C@H](CO[C@@H]4O[C@H](CO)[C@@H](O)[C@H](O[C@@H]5O[C@H](CO)[C@H](O)[C@H](O[C@]6(C(=O)O)C[C@H](O)[C@@H](NC(C)=O)[C@H]([C@H](O)[C@H](O)CO)O6)[C@H]5O)[C@H]4NC(C)=O)[C@@H](O)[C@H](O)[C@@H]3O)[C@@H](O)[C@H](O[C@H]3O[C@H](CO)[C@@H](O)[C@H](O)[C@@H]3O)[C@@H]2O)[C@@H]1O. The number of hydrogen-bond acceptors (Lipinski definition) is 47. The molecule has 0 bridgehead atoms. The van der Waals surface area contributed by atoms with Crippen LogP contribution < -0.4 is 21.3 Å². The van der Waals surface area contributed by atoms with Crippen LogP contribution in [0.1, 0.15) is 41.0 Å². The molecule has 117 heavy (non-hydrogen) atoms. The standard InChI is InChI=1S/C65H108N4O48/c1-15-33(81)42(90)45(93)59(104-15)103-14-28-51(40(88)30(56(98)105-28)67-17(3)76)112-58-31(68-18(4)77)41(89)50(25(11-74)109-58)113-62-48(96)54(115-61-47(95)43(91)35(83)22(8-71)107-61)39(87)27(111-62)13-102-60-46(94)44(92)36(84)26(110-60)12-101-57-32(69-19(5)78)52(37(85)23(9-72)106-57)114-63-49(97)55(38(86)24(10-73)108-63)117-65(64(99)100)6-20(79)29(66-16(2)75)53(116-65)34(82)21(80)7-70/h15,20-63,70-74,79-98H,6-14H2,1-5H3,(H,66,75)(H,67,76)(H,68,77)(H,69,78)(H,99,100)/t15-,20-,21+,22+,23+,24+,25+,26+,27+,28+,29+,30+,31+,32+,33+,34+,35+,36+,37+,38-,39+,40+,41+,42+,43-,44-,45-,46-,47-,48-,49+,50+,51+,52+,53+,54-,55-,56?,57+,58-,59+,60-,61+,62-,63-,65-/m0/s1. The molecule has 0 saturated carbocycles. The van der Waals surface area contributed by atoms with Crippen molar-refractivity contribution >= 4 is 29.6 Å². The monoisotopic (exact) mass is 1710 g/mol. The van der Waals surface area contributed by atoms with Crippen molar-refractivity contribution in [3.63, 3.8) is 0 Å². The van der Waals surface area contributed by atoms with Crippen molar-refractivity contribution in [2.75, 3.05) is 52.9 Å². The van der Waals surface area contributed by atoms with E-state index in [4.69, 9.17) is 80.5 Å². The van der Waals surface area contributed by atoms with Gasteiger partial charge < -0.3 is 235 Å². The second kappa shape index (κ2) is 41.4. The molecule has 52 nitrogen and oxygen atoms in total. The van der Waals surface area contributed by atoms with Crippen LogP contribution in [0, 0.1) is 0 Å². The summed E-state index contributed by atoms with van der Waals surface area (Å²) >= 11 is 0. The Kier molecular flexibility index (Phi) is 34.2. The van der Waals surface area contributed by atoms with Crippen LogP contribution in [0.25, 0.3) is 0 Å². The summed E-state index contributed by atoms with van der Waals surface area (Å²) in [5.74, 6) is -8.99. The van der Waals surface area contributed by atoms with Gasteiger partial charge >= 0.3 is 5.97 Å². The van der Waals surface area contributed by atoms with Gasteiger partial charge in [0.1, 0.15) is 207 Å². The Balaban J connectivity index is 0.941. The highest BCUT2D eigenvalue weighted by molar-refractivity contribution is 5.77. The number of amides is 4. The van der Waals surface area contributed by atoms with E-state index in [1.54, 1.807) is 0 Å². The highest BCUT2D eigenvalue weighted by atomic mass is 16.8. The molecular weight excluding hydrogens is 1600 g/mol. The zero-order valence-electron chi connectivity index (χ0n) is 63.0. The van der Waals surface area contributed by atoms with Crippen LogP contribution in [-0.4, -0.2) is 497 Å². The maximum atomic E-state index is 13.2. The first-order valence-corrected chi connectivity index (χ1v) is 37.1. The van der Waals surface area contributed by atoms with Crippen LogP contribution >= 0.6 is 0 Å². The zero-order valence-corrected chi connectivity index (χ0v) is 63.0. The molecule has 46 atom stereocenters. The fourth-order valence-corrected chi connectivity index (χ4v) is 14.9. The lowest BCUT2D eigenvalue weighted by Gasteiger charge is -2.51. The highest BCUT2D eigenvalue weighted by Crippen LogP contribution is 2.41. The van der Waals surface area contributed by atoms with Crippen LogP contribution in [0.4, 0.5) is 0 Å². The fourth-order valence-electron chi connectivity index (χ4n) is 14.9. The quantitative estimate of drug-likeness (QED) is 0.0306. The third kappa shape index (κ3) is 21.5. The molecule has 676 valence electrons. The molecule has 9 saturated heterocycles. The third-order valence-electron chi connectivity index (χ3n) is 21.3.